The summed E-state index contributed by atoms with van der Waals surface area (Å²) in [7, 11) is 1.54. The quantitative estimate of drug-likeness (QED) is 0.797. The SMILES string of the molecule is CCC(C(=O)N1CCCC(Oc2cncc(OC)n2)C1)c1ccccc1. The summed E-state index contributed by atoms with van der Waals surface area (Å²) in [5.41, 5.74) is 1.07. The van der Waals surface area contributed by atoms with Crippen molar-refractivity contribution in [2.24, 2.45) is 0 Å². The van der Waals surface area contributed by atoms with E-state index in [2.05, 4.69) is 16.9 Å². The molecule has 1 aliphatic rings. The molecule has 0 spiro atoms. The monoisotopic (exact) mass is 355 g/mol. The highest BCUT2D eigenvalue weighted by Crippen LogP contribution is 2.25. The largest absolute Gasteiger partial charge is 0.480 e. The number of methoxy groups -OCH3 is 1. The van der Waals surface area contributed by atoms with Gasteiger partial charge in [0.25, 0.3) is 0 Å². The third-order valence-electron chi connectivity index (χ3n) is 4.68. The van der Waals surface area contributed by atoms with E-state index < -0.39 is 0 Å². The van der Waals surface area contributed by atoms with Gasteiger partial charge in [-0.25, -0.2) is 0 Å². The van der Waals surface area contributed by atoms with E-state index >= 15 is 0 Å². The molecule has 0 radical (unpaired) electrons. The Morgan fingerprint density at radius 3 is 2.77 bits per heavy atom. The first-order valence-corrected chi connectivity index (χ1v) is 9.07. The second kappa shape index (κ2) is 8.65. The van der Waals surface area contributed by atoms with E-state index in [0.717, 1.165) is 31.4 Å². The van der Waals surface area contributed by atoms with Gasteiger partial charge >= 0.3 is 0 Å². The third-order valence-corrected chi connectivity index (χ3v) is 4.68. The van der Waals surface area contributed by atoms with E-state index in [1.54, 1.807) is 13.3 Å². The molecule has 3 rings (SSSR count). The highest BCUT2D eigenvalue weighted by Gasteiger charge is 2.30. The van der Waals surface area contributed by atoms with Crippen molar-refractivity contribution >= 4 is 5.91 Å². The predicted octanol–water partition coefficient (Wildman–Crippen LogP) is 3.05. The molecule has 138 valence electrons. The first-order chi connectivity index (χ1) is 12.7. The van der Waals surface area contributed by atoms with Crippen LogP contribution in [-0.2, 0) is 4.79 Å². The second-order valence-corrected chi connectivity index (χ2v) is 6.44. The van der Waals surface area contributed by atoms with Gasteiger partial charge in [-0.2, -0.15) is 4.98 Å². The fraction of sp³-hybridized carbons (Fsp3) is 0.450. The van der Waals surface area contributed by atoms with Crippen LogP contribution in [0, 0.1) is 0 Å². The number of benzene rings is 1. The minimum atomic E-state index is -0.105. The molecule has 1 aromatic carbocycles. The zero-order valence-electron chi connectivity index (χ0n) is 15.3. The molecular weight excluding hydrogens is 330 g/mol. The van der Waals surface area contributed by atoms with Crippen molar-refractivity contribution in [3.05, 3.63) is 48.3 Å². The molecule has 0 saturated carbocycles. The van der Waals surface area contributed by atoms with Crippen LogP contribution in [0.5, 0.6) is 11.8 Å². The summed E-state index contributed by atoms with van der Waals surface area (Å²) in [6.45, 7) is 3.40. The van der Waals surface area contributed by atoms with Gasteiger partial charge in [0, 0.05) is 6.54 Å². The first kappa shape index (κ1) is 18.2. The van der Waals surface area contributed by atoms with E-state index in [1.807, 2.05) is 35.2 Å². The van der Waals surface area contributed by atoms with Gasteiger partial charge in [0.2, 0.25) is 17.7 Å². The van der Waals surface area contributed by atoms with Gasteiger partial charge in [0.1, 0.15) is 6.10 Å². The van der Waals surface area contributed by atoms with Crippen molar-refractivity contribution in [3.63, 3.8) is 0 Å². The van der Waals surface area contributed by atoms with Crippen molar-refractivity contribution in [1.82, 2.24) is 14.9 Å². The number of hydrogen-bond acceptors (Lipinski definition) is 5. The average Bonchev–Trinajstić information content (AvgIpc) is 2.69. The van der Waals surface area contributed by atoms with Crippen molar-refractivity contribution < 1.29 is 14.3 Å². The highest BCUT2D eigenvalue weighted by molar-refractivity contribution is 5.83. The molecule has 1 aromatic heterocycles. The highest BCUT2D eigenvalue weighted by atomic mass is 16.5. The van der Waals surface area contributed by atoms with Crippen LogP contribution in [-0.4, -0.2) is 47.1 Å². The Morgan fingerprint density at radius 1 is 1.27 bits per heavy atom. The maximum Gasteiger partial charge on any atom is 0.235 e. The molecular formula is C20H25N3O3. The fourth-order valence-corrected chi connectivity index (χ4v) is 3.35. The molecule has 6 nitrogen and oxygen atoms in total. The smallest absolute Gasteiger partial charge is 0.235 e. The number of ether oxygens (including phenoxy) is 2. The van der Waals surface area contributed by atoms with Crippen molar-refractivity contribution in [3.8, 4) is 11.8 Å². The number of carbonyl (C=O) groups is 1. The Morgan fingerprint density at radius 2 is 2.04 bits per heavy atom. The number of carbonyl (C=O) groups excluding carboxylic acids is 1. The molecule has 2 aromatic rings. The van der Waals surface area contributed by atoms with Crippen LogP contribution in [0.4, 0.5) is 0 Å². The Labute approximate surface area is 154 Å². The normalized spacial score (nSPS) is 18.2. The second-order valence-electron chi connectivity index (χ2n) is 6.44. The van der Waals surface area contributed by atoms with Crippen LogP contribution < -0.4 is 9.47 Å². The molecule has 2 heterocycles. The molecule has 2 unspecified atom stereocenters. The standard InChI is InChI=1S/C20H25N3O3/c1-3-17(15-8-5-4-6-9-15)20(24)23-11-7-10-16(14-23)26-19-13-21-12-18(22-19)25-2/h4-6,8-9,12-13,16-17H,3,7,10-11,14H2,1-2H3. The summed E-state index contributed by atoms with van der Waals surface area (Å²) in [6, 6.07) is 9.98. The number of rotatable bonds is 6. The van der Waals surface area contributed by atoms with Crippen LogP contribution in [0.2, 0.25) is 0 Å². The summed E-state index contributed by atoms with van der Waals surface area (Å²) in [6.07, 6.45) is 5.62. The number of piperidine rings is 1. The molecule has 0 aliphatic carbocycles. The molecule has 26 heavy (non-hydrogen) atoms. The molecule has 1 aliphatic heterocycles. The Kier molecular flexibility index (Phi) is 6.04. The lowest BCUT2D eigenvalue weighted by Crippen LogP contribution is -2.46. The van der Waals surface area contributed by atoms with Crippen LogP contribution in [0.25, 0.3) is 0 Å². The van der Waals surface area contributed by atoms with Gasteiger partial charge in [-0.3, -0.25) is 9.78 Å². The summed E-state index contributed by atoms with van der Waals surface area (Å²) in [4.78, 5) is 23.3. The molecule has 1 saturated heterocycles. The van der Waals surface area contributed by atoms with Gasteiger partial charge < -0.3 is 14.4 Å². The summed E-state index contributed by atoms with van der Waals surface area (Å²) in [5, 5.41) is 0. The number of nitrogens with zero attached hydrogens (tertiary/aromatic N) is 3. The lowest BCUT2D eigenvalue weighted by Gasteiger charge is -2.34. The van der Waals surface area contributed by atoms with E-state index in [-0.39, 0.29) is 17.9 Å². The maximum atomic E-state index is 13.1. The number of likely N-dealkylation sites (tertiary alicyclic amines) is 1. The van der Waals surface area contributed by atoms with Crippen LogP contribution >= 0.6 is 0 Å². The first-order valence-electron chi connectivity index (χ1n) is 9.07. The van der Waals surface area contributed by atoms with Crippen molar-refractivity contribution in [2.45, 2.75) is 38.2 Å². The summed E-state index contributed by atoms with van der Waals surface area (Å²) < 4.78 is 11.0. The average molecular weight is 355 g/mol. The number of aromatic nitrogens is 2. The fourth-order valence-electron chi connectivity index (χ4n) is 3.35. The van der Waals surface area contributed by atoms with Crippen LogP contribution in [0.1, 0.15) is 37.7 Å². The Balaban J connectivity index is 1.66. The minimum absolute atomic E-state index is 0.0811. The van der Waals surface area contributed by atoms with E-state index in [4.69, 9.17) is 9.47 Å². The lowest BCUT2D eigenvalue weighted by molar-refractivity contribution is -0.135. The van der Waals surface area contributed by atoms with Gasteiger partial charge in [-0.05, 0) is 24.8 Å². The Hall–Kier alpha value is -2.63. The molecule has 0 N–H and O–H groups in total. The zero-order valence-corrected chi connectivity index (χ0v) is 15.3. The van der Waals surface area contributed by atoms with Gasteiger partial charge in [0.05, 0.1) is 32.0 Å². The topological polar surface area (TPSA) is 64.6 Å². The minimum Gasteiger partial charge on any atom is -0.480 e. The lowest BCUT2D eigenvalue weighted by atomic mass is 9.94. The summed E-state index contributed by atoms with van der Waals surface area (Å²) >= 11 is 0. The van der Waals surface area contributed by atoms with E-state index in [9.17, 15) is 4.79 Å². The summed E-state index contributed by atoms with van der Waals surface area (Å²) in [5.74, 6) is 0.912. The van der Waals surface area contributed by atoms with E-state index in [0.29, 0.717) is 18.3 Å². The van der Waals surface area contributed by atoms with Gasteiger partial charge in [-0.15, -0.1) is 0 Å². The number of amides is 1. The predicted molar refractivity (Wildman–Crippen MR) is 98.3 cm³/mol. The molecule has 2 atom stereocenters. The Bertz CT molecular complexity index is 723. The van der Waals surface area contributed by atoms with Gasteiger partial charge in [-0.1, -0.05) is 37.3 Å². The maximum absolute atomic E-state index is 13.1. The number of hydrogen-bond donors (Lipinski definition) is 0. The molecule has 1 amide bonds. The van der Waals surface area contributed by atoms with Crippen molar-refractivity contribution in [2.75, 3.05) is 20.2 Å². The van der Waals surface area contributed by atoms with Crippen LogP contribution in [0.15, 0.2) is 42.7 Å². The van der Waals surface area contributed by atoms with Gasteiger partial charge in [0.15, 0.2) is 0 Å². The van der Waals surface area contributed by atoms with E-state index in [1.165, 1.54) is 6.20 Å². The van der Waals surface area contributed by atoms with Crippen LogP contribution in [0.3, 0.4) is 0 Å². The van der Waals surface area contributed by atoms with Crippen molar-refractivity contribution in [1.29, 1.82) is 0 Å². The zero-order chi connectivity index (χ0) is 18.4. The molecule has 1 fully saturated rings. The molecule has 6 heteroatoms. The third kappa shape index (κ3) is 4.31. The molecule has 0 bridgehead atoms.